The summed E-state index contributed by atoms with van der Waals surface area (Å²) in [5.41, 5.74) is 2.25. The Labute approximate surface area is 116 Å². The largest absolute Gasteiger partial charge is 0.283 e. The Kier molecular flexibility index (Phi) is 5.07. The molecular formula is C16H16O2S. The first-order valence-corrected chi connectivity index (χ1v) is 7.16. The van der Waals surface area contributed by atoms with Gasteiger partial charge in [-0.15, -0.1) is 0 Å². The van der Waals surface area contributed by atoms with Gasteiger partial charge in [0.2, 0.25) is 0 Å². The van der Waals surface area contributed by atoms with Crippen molar-refractivity contribution in [2.45, 2.75) is 11.8 Å². The maximum atomic E-state index is 11.8. The van der Waals surface area contributed by atoms with Crippen LogP contribution in [0.3, 0.4) is 0 Å². The van der Waals surface area contributed by atoms with E-state index in [2.05, 4.69) is 0 Å². The van der Waals surface area contributed by atoms with Gasteiger partial charge >= 0.3 is 0 Å². The lowest BCUT2D eigenvalue weighted by atomic mass is 10.2. The highest BCUT2D eigenvalue weighted by molar-refractivity contribution is 7.80. The van der Waals surface area contributed by atoms with Crippen LogP contribution in [0.5, 0.6) is 0 Å². The van der Waals surface area contributed by atoms with Crippen molar-refractivity contribution in [2.75, 3.05) is 6.61 Å². The fourth-order valence-corrected chi connectivity index (χ4v) is 2.26. The molecule has 2 aromatic rings. The molecule has 0 aromatic heterocycles. The molecule has 3 heteroatoms. The van der Waals surface area contributed by atoms with E-state index < -0.39 is 11.1 Å². The standard InChI is InChI=1S/C16H16O2S/c1-14-9-11-16(12-10-14)19(17)18-13-5-8-15-6-3-2-4-7-15/h2-12H,13H2,1H3/b8-5+/t19-/m0/s1. The number of rotatable bonds is 5. The third-order valence-corrected chi connectivity index (χ3v) is 3.60. The molecule has 98 valence electrons. The summed E-state index contributed by atoms with van der Waals surface area (Å²) < 4.78 is 17.1. The maximum absolute atomic E-state index is 11.8. The quantitative estimate of drug-likeness (QED) is 0.828. The van der Waals surface area contributed by atoms with Gasteiger partial charge in [0.25, 0.3) is 0 Å². The van der Waals surface area contributed by atoms with E-state index in [1.165, 1.54) is 0 Å². The van der Waals surface area contributed by atoms with Gasteiger partial charge in [-0.05, 0) is 24.6 Å². The van der Waals surface area contributed by atoms with Crippen molar-refractivity contribution in [1.82, 2.24) is 0 Å². The van der Waals surface area contributed by atoms with Gasteiger partial charge in [0, 0.05) is 0 Å². The molecule has 19 heavy (non-hydrogen) atoms. The Morgan fingerprint density at radius 2 is 1.74 bits per heavy atom. The van der Waals surface area contributed by atoms with Crippen LogP contribution in [0.25, 0.3) is 6.08 Å². The minimum absolute atomic E-state index is 0.329. The van der Waals surface area contributed by atoms with E-state index in [9.17, 15) is 4.21 Å². The van der Waals surface area contributed by atoms with Crippen molar-refractivity contribution in [2.24, 2.45) is 0 Å². The Hall–Kier alpha value is -1.71. The number of hydrogen-bond donors (Lipinski definition) is 0. The first-order chi connectivity index (χ1) is 9.25. The Bertz CT molecular complexity index is 559. The fraction of sp³-hybridized carbons (Fsp3) is 0.125. The van der Waals surface area contributed by atoms with E-state index in [0.717, 1.165) is 11.1 Å². The van der Waals surface area contributed by atoms with Crippen LogP contribution in [0, 0.1) is 6.92 Å². The highest BCUT2D eigenvalue weighted by atomic mass is 32.2. The highest BCUT2D eigenvalue weighted by Gasteiger charge is 2.02. The fourth-order valence-electron chi connectivity index (χ4n) is 1.57. The molecule has 0 radical (unpaired) electrons. The second-order valence-corrected chi connectivity index (χ2v) is 5.32. The van der Waals surface area contributed by atoms with Crippen LogP contribution < -0.4 is 0 Å². The maximum Gasteiger partial charge on any atom is 0.189 e. The van der Waals surface area contributed by atoms with Crippen LogP contribution in [0.15, 0.2) is 65.6 Å². The van der Waals surface area contributed by atoms with Crippen LogP contribution in [0.4, 0.5) is 0 Å². The predicted octanol–water partition coefficient (Wildman–Crippen LogP) is 3.75. The summed E-state index contributed by atoms with van der Waals surface area (Å²) in [4.78, 5) is 0.693. The van der Waals surface area contributed by atoms with E-state index in [-0.39, 0.29) is 0 Å². The van der Waals surface area contributed by atoms with E-state index in [0.29, 0.717) is 11.5 Å². The van der Waals surface area contributed by atoms with E-state index in [1.54, 1.807) is 0 Å². The molecule has 1 atom stereocenters. The molecule has 0 N–H and O–H groups in total. The molecule has 0 bridgehead atoms. The zero-order chi connectivity index (χ0) is 13.5. The molecule has 0 aliphatic carbocycles. The third-order valence-electron chi connectivity index (χ3n) is 2.59. The topological polar surface area (TPSA) is 26.3 Å². The van der Waals surface area contributed by atoms with Gasteiger partial charge in [0.15, 0.2) is 11.1 Å². The van der Waals surface area contributed by atoms with Crippen molar-refractivity contribution in [3.05, 3.63) is 71.8 Å². The second-order valence-electron chi connectivity index (χ2n) is 4.15. The summed E-state index contributed by atoms with van der Waals surface area (Å²) in [5, 5.41) is 0. The minimum atomic E-state index is -1.40. The molecule has 0 saturated heterocycles. The second kappa shape index (κ2) is 7.02. The number of benzene rings is 2. The van der Waals surface area contributed by atoms with E-state index in [4.69, 9.17) is 4.18 Å². The summed E-state index contributed by atoms with van der Waals surface area (Å²) in [6.07, 6.45) is 3.81. The minimum Gasteiger partial charge on any atom is -0.283 e. The monoisotopic (exact) mass is 272 g/mol. The number of hydrogen-bond acceptors (Lipinski definition) is 2. The summed E-state index contributed by atoms with van der Waals surface area (Å²) in [5.74, 6) is 0. The lowest BCUT2D eigenvalue weighted by Gasteiger charge is -2.01. The predicted molar refractivity (Wildman–Crippen MR) is 79.0 cm³/mol. The molecule has 2 nitrogen and oxygen atoms in total. The van der Waals surface area contributed by atoms with Gasteiger partial charge in [-0.25, -0.2) is 4.21 Å². The molecule has 0 unspecified atom stereocenters. The molecular weight excluding hydrogens is 256 g/mol. The molecule has 0 saturated carbocycles. The van der Waals surface area contributed by atoms with Crippen LogP contribution >= 0.6 is 0 Å². The van der Waals surface area contributed by atoms with Crippen molar-refractivity contribution >= 4 is 17.2 Å². The molecule has 0 heterocycles. The molecule has 0 aliphatic heterocycles. The van der Waals surface area contributed by atoms with Crippen LogP contribution in [-0.2, 0) is 15.3 Å². The SMILES string of the molecule is Cc1ccc([S@@](=O)OC/C=C/c2ccccc2)cc1. The molecule has 0 spiro atoms. The average molecular weight is 272 g/mol. The Balaban J connectivity index is 1.84. The van der Waals surface area contributed by atoms with E-state index >= 15 is 0 Å². The summed E-state index contributed by atoms with van der Waals surface area (Å²) >= 11 is -1.40. The van der Waals surface area contributed by atoms with Crippen LogP contribution in [-0.4, -0.2) is 10.8 Å². The van der Waals surface area contributed by atoms with Crippen LogP contribution in [0.2, 0.25) is 0 Å². The third kappa shape index (κ3) is 4.47. The normalized spacial score (nSPS) is 12.7. The van der Waals surface area contributed by atoms with Gasteiger partial charge in [-0.1, -0.05) is 60.2 Å². The number of aryl methyl sites for hydroxylation is 1. The first kappa shape index (κ1) is 13.7. The highest BCUT2D eigenvalue weighted by Crippen LogP contribution is 2.09. The Morgan fingerprint density at radius 3 is 2.42 bits per heavy atom. The van der Waals surface area contributed by atoms with Crippen molar-refractivity contribution in [1.29, 1.82) is 0 Å². The van der Waals surface area contributed by atoms with Crippen LogP contribution in [0.1, 0.15) is 11.1 Å². The lowest BCUT2D eigenvalue weighted by molar-refractivity contribution is 0.395. The lowest BCUT2D eigenvalue weighted by Crippen LogP contribution is -1.97. The zero-order valence-electron chi connectivity index (χ0n) is 10.8. The average Bonchev–Trinajstić information content (AvgIpc) is 2.45. The summed E-state index contributed by atoms with van der Waals surface area (Å²) in [7, 11) is 0. The van der Waals surface area contributed by atoms with Gasteiger partial charge in [0.1, 0.15) is 0 Å². The van der Waals surface area contributed by atoms with Gasteiger partial charge < -0.3 is 0 Å². The molecule has 0 aliphatic rings. The molecule has 0 amide bonds. The molecule has 2 rings (SSSR count). The van der Waals surface area contributed by atoms with Gasteiger partial charge in [-0.2, -0.15) is 0 Å². The van der Waals surface area contributed by atoms with Gasteiger partial charge in [-0.3, -0.25) is 4.18 Å². The van der Waals surface area contributed by atoms with Crippen molar-refractivity contribution < 1.29 is 8.39 Å². The molecule has 0 fully saturated rings. The van der Waals surface area contributed by atoms with E-state index in [1.807, 2.05) is 73.7 Å². The van der Waals surface area contributed by atoms with Crippen molar-refractivity contribution in [3.63, 3.8) is 0 Å². The Morgan fingerprint density at radius 1 is 1.05 bits per heavy atom. The summed E-state index contributed by atoms with van der Waals surface area (Å²) in [6, 6.07) is 17.4. The zero-order valence-corrected chi connectivity index (χ0v) is 11.6. The first-order valence-electron chi connectivity index (χ1n) is 6.09. The van der Waals surface area contributed by atoms with Gasteiger partial charge in [0.05, 0.1) is 11.5 Å². The summed E-state index contributed by atoms with van der Waals surface area (Å²) in [6.45, 7) is 2.32. The smallest absolute Gasteiger partial charge is 0.189 e. The van der Waals surface area contributed by atoms with Crippen molar-refractivity contribution in [3.8, 4) is 0 Å². The molecule has 2 aromatic carbocycles.